The minimum absolute atomic E-state index is 0.0369. The fourth-order valence-electron chi connectivity index (χ4n) is 2.29. The van der Waals surface area contributed by atoms with Crippen molar-refractivity contribution in [2.45, 2.75) is 39.3 Å². The smallest absolute Gasteiger partial charge is 0.258 e. The number of rotatable bonds is 8. The van der Waals surface area contributed by atoms with Crippen molar-refractivity contribution >= 4 is 5.91 Å². The number of amides is 1. The summed E-state index contributed by atoms with van der Waals surface area (Å²) in [5.74, 6) is 0.673. The lowest BCUT2D eigenvalue weighted by Crippen LogP contribution is -2.29. The zero-order chi connectivity index (χ0) is 15.2. The number of hydrogen-bond donors (Lipinski definition) is 2. The molecule has 114 valence electrons. The molecular weight excluding hydrogens is 264 g/mol. The Kier molecular flexibility index (Phi) is 5.39. The van der Waals surface area contributed by atoms with E-state index < -0.39 is 0 Å². The van der Waals surface area contributed by atoms with Crippen molar-refractivity contribution in [3.05, 3.63) is 41.5 Å². The Bertz CT molecular complexity index is 499. The van der Waals surface area contributed by atoms with Crippen LogP contribution in [0.2, 0.25) is 0 Å². The molecule has 1 amide bonds. The first-order chi connectivity index (χ1) is 10.1. The van der Waals surface area contributed by atoms with Gasteiger partial charge in [0.05, 0.1) is 0 Å². The molecule has 2 N–H and O–H groups in total. The third kappa shape index (κ3) is 4.90. The monoisotopic (exact) mass is 288 g/mol. The number of carbonyl (C=O) groups excluding carboxylic acids is 1. The van der Waals surface area contributed by atoms with Gasteiger partial charge in [-0.05, 0) is 43.4 Å². The summed E-state index contributed by atoms with van der Waals surface area (Å²) in [7, 11) is 0. The molecule has 0 saturated heterocycles. The molecule has 2 rings (SSSR count). The van der Waals surface area contributed by atoms with Gasteiger partial charge >= 0.3 is 0 Å². The number of aryl methyl sites for hydroxylation is 2. The summed E-state index contributed by atoms with van der Waals surface area (Å²) in [6.45, 7) is 8.99. The number of nitrogens with one attached hydrogen (secondary N) is 2. The van der Waals surface area contributed by atoms with Gasteiger partial charge in [-0.1, -0.05) is 18.2 Å². The van der Waals surface area contributed by atoms with Gasteiger partial charge in [0.1, 0.15) is 5.75 Å². The van der Waals surface area contributed by atoms with Gasteiger partial charge in [-0.2, -0.15) is 0 Å². The summed E-state index contributed by atoms with van der Waals surface area (Å²) in [6, 6.07) is 4.95. The molecule has 0 heterocycles. The van der Waals surface area contributed by atoms with E-state index in [0.717, 1.165) is 23.4 Å². The Morgan fingerprint density at radius 3 is 2.62 bits per heavy atom. The van der Waals surface area contributed by atoms with E-state index in [1.54, 1.807) is 6.08 Å². The second-order valence-electron chi connectivity index (χ2n) is 5.60. The highest BCUT2D eigenvalue weighted by molar-refractivity contribution is 5.77. The molecule has 0 aliphatic heterocycles. The summed E-state index contributed by atoms with van der Waals surface area (Å²) < 4.78 is 5.65. The van der Waals surface area contributed by atoms with Crippen molar-refractivity contribution in [2.24, 2.45) is 0 Å². The van der Waals surface area contributed by atoms with Gasteiger partial charge in [0.15, 0.2) is 6.61 Å². The van der Waals surface area contributed by atoms with Crippen LogP contribution in [0.25, 0.3) is 0 Å². The molecule has 1 aliphatic carbocycles. The number of benzene rings is 1. The first-order valence-electron chi connectivity index (χ1n) is 7.44. The quantitative estimate of drug-likeness (QED) is 0.721. The maximum absolute atomic E-state index is 11.6. The van der Waals surface area contributed by atoms with Gasteiger partial charge in [-0.25, -0.2) is 0 Å². The molecular formula is C17H24N2O2. The highest BCUT2D eigenvalue weighted by atomic mass is 16.5. The highest BCUT2D eigenvalue weighted by Gasteiger charge is 2.20. The lowest BCUT2D eigenvalue weighted by atomic mass is 10.1. The average Bonchev–Trinajstić information content (AvgIpc) is 3.26. The minimum atomic E-state index is -0.131. The van der Waals surface area contributed by atoms with Gasteiger partial charge in [0.2, 0.25) is 0 Å². The first kappa shape index (κ1) is 15.6. The second-order valence-corrected chi connectivity index (χ2v) is 5.60. The Morgan fingerprint density at radius 2 is 2.05 bits per heavy atom. The Labute approximate surface area is 126 Å². The molecule has 21 heavy (non-hydrogen) atoms. The van der Waals surface area contributed by atoms with Crippen molar-refractivity contribution in [1.82, 2.24) is 10.6 Å². The van der Waals surface area contributed by atoms with E-state index in [1.165, 1.54) is 18.4 Å². The van der Waals surface area contributed by atoms with Crippen LogP contribution >= 0.6 is 0 Å². The normalized spacial score (nSPS) is 13.8. The molecule has 1 fully saturated rings. The van der Waals surface area contributed by atoms with Crippen LogP contribution in [0.4, 0.5) is 0 Å². The lowest BCUT2D eigenvalue weighted by Gasteiger charge is -2.14. The predicted molar refractivity (Wildman–Crippen MR) is 84.5 cm³/mol. The molecule has 0 atom stereocenters. The average molecular weight is 288 g/mol. The van der Waals surface area contributed by atoms with Crippen LogP contribution in [0.1, 0.15) is 29.5 Å². The number of ether oxygens (including phenoxy) is 1. The third-order valence-corrected chi connectivity index (χ3v) is 3.48. The van der Waals surface area contributed by atoms with Gasteiger partial charge in [-0.15, -0.1) is 6.58 Å². The van der Waals surface area contributed by atoms with Crippen molar-refractivity contribution in [1.29, 1.82) is 0 Å². The maximum atomic E-state index is 11.6. The lowest BCUT2D eigenvalue weighted by molar-refractivity contribution is -0.122. The molecule has 1 aromatic rings. The Balaban J connectivity index is 1.92. The van der Waals surface area contributed by atoms with Crippen LogP contribution in [0.3, 0.4) is 0 Å². The molecule has 1 aromatic carbocycles. The van der Waals surface area contributed by atoms with Crippen LogP contribution < -0.4 is 15.4 Å². The van der Waals surface area contributed by atoms with Crippen LogP contribution in [-0.2, 0) is 11.3 Å². The Morgan fingerprint density at radius 1 is 1.38 bits per heavy atom. The molecule has 0 unspecified atom stereocenters. The van der Waals surface area contributed by atoms with Crippen LogP contribution in [-0.4, -0.2) is 25.1 Å². The molecule has 0 spiro atoms. The Hall–Kier alpha value is -1.81. The molecule has 1 aliphatic rings. The number of carbonyl (C=O) groups is 1. The summed E-state index contributed by atoms with van der Waals surface area (Å²) in [6.07, 6.45) is 4.23. The number of hydrogen-bond acceptors (Lipinski definition) is 3. The molecule has 4 heteroatoms. The minimum Gasteiger partial charge on any atom is -0.483 e. The van der Waals surface area contributed by atoms with Gasteiger partial charge in [0.25, 0.3) is 5.91 Å². The van der Waals surface area contributed by atoms with E-state index in [9.17, 15) is 4.79 Å². The van der Waals surface area contributed by atoms with E-state index in [-0.39, 0.29) is 12.5 Å². The van der Waals surface area contributed by atoms with Crippen molar-refractivity contribution < 1.29 is 9.53 Å². The standard InChI is InChI=1S/C17H24N2O2/c1-4-7-18-16(20)11-21-17-12(2)8-14(9-13(17)3)10-19-15-5-6-15/h4,8-9,15,19H,1,5-7,10-11H2,2-3H3,(H,18,20). The molecule has 0 aromatic heterocycles. The molecule has 1 saturated carbocycles. The van der Waals surface area contributed by atoms with E-state index in [2.05, 4.69) is 29.3 Å². The van der Waals surface area contributed by atoms with Gasteiger partial charge < -0.3 is 15.4 Å². The van der Waals surface area contributed by atoms with E-state index in [4.69, 9.17) is 4.74 Å². The molecule has 0 radical (unpaired) electrons. The third-order valence-electron chi connectivity index (χ3n) is 3.48. The van der Waals surface area contributed by atoms with Crippen LogP contribution in [0.15, 0.2) is 24.8 Å². The van der Waals surface area contributed by atoms with E-state index in [0.29, 0.717) is 12.6 Å². The van der Waals surface area contributed by atoms with Crippen LogP contribution in [0.5, 0.6) is 5.75 Å². The van der Waals surface area contributed by atoms with Gasteiger partial charge in [-0.3, -0.25) is 4.79 Å². The zero-order valence-electron chi connectivity index (χ0n) is 12.9. The fraction of sp³-hybridized carbons (Fsp3) is 0.471. The summed E-state index contributed by atoms with van der Waals surface area (Å²) in [5.41, 5.74) is 3.40. The second kappa shape index (κ2) is 7.27. The summed E-state index contributed by atoms with van der Waals surface area (Å²) >= 11 is 0. The SMILES string of the molecule is C=CCNC(=O)COc1c(C)cc(CNC2CC2)cc1C. The molecule has 4 nitrogen and oxygen atoms in total. The van der Waals surface area contributed by atoms with Crippen molar-refractivity contribution in [3.63, 3.8) is 0 Å². The largest absolute Gasteiger partial charge is 0.483 e. The van der Waals surface area contributed by atoms with Crippen molar-refractivity contribution in [2.75, 3.05) is 13.2 Å². The van der Waals surface area contributed by atoms with E-state index >= 15 is 0 Å². The van der Waals surface area contributed by atoms with Crippen LogP contribution in [0, 0.1) is 13.8 Å². The van der Waals surface area contributed by atoms with Crippen molar-refractivity contribution in [3.8, 4) is 5.75 Å². The zero-order valence-corrected chi connectivity index (χ0v) is 12.9. The summed E-state index contributed by atoms with van der Waals surface area (Å²) in [4.78, 5) is 11.6. The fourth-order valence-corrected chi connectivity index (χ4v) is 2.29. The summed E-state index contributed by atoms with van der Waals surface area (Å²) in [5, 5.41) is 6.21. The van der Waals surface area contributed by atoms with Gasteiger partial charge in [0, 0.05) is 19.1 Å². The predicted octanol–water partition coefficient (Wildman–Crippen LogP) is 2.24. The topological polar surface area (TPSA) is 50.4 Å². The molecule has 0 bridgehead atoms. The van der Waals surface area contributed by atoms with E-state index in [1.807, 2.05) is 13.8 Å². The highest BCUT2D eigenvalue weighted by Crippen LogP contribution is 2.26. The first-order valence-corrected chi connectivity index (χ1v) is 7.44. The maximum Gasteiger partial charge on any atom is 0.258 e.